The van der Waals surface area contributed by atoms with E-state index in [0.29, 0.717) is 0 Å². The van der Waals surface area contributed by atoms with E-state index in [1.54, 1.807) is 7.11 Å². The molecule has 1 aromatic heterocycles. The van der Waals surface area contributed by atoms with Crippen LogP contribution >= 0.6 is 0 Å². The molecule has 162 valence electrons. The highest BCUT2D eigenvalue weighted by Crippen LogP contribution is 2.47. The van der Waals surface area contributed by atoms with Crippen LogP contribution in [0.5, 0.6) is 5.75 Å². The Morgan fingerprint density at radius 3 is 2.19 bits per heavy atom. The summed E-state index contributed by atoms with van der Waals surface area (Å²) in [5.41, 5.74) is 10.7. The summed E-state index contributed by atoms with van der Waals surface area (Å²) in [4.78, 5) is 5.32. The Morgan fingerprint density at radius 1 is 0.774 bits per heavy atom. The van der Waals surface area contributed by atoms with Gasteiger partial charge in [0.25, 0.3) is 0 Å². The zero-order chi connectivity index (χ0) is 21.6. The molecule has 2 nitrogen and oxygen atoms in total. The van der Waals surface area contributed by atoms with Gasteiger partial charge in [0.2, 0.25) is 0 Å². The first kappa shape index (κ1) is 21.6. The quantitative estimate of drug-likeness (QED) is 0.247. The molecule has 0 aliphatic heterocycles. The minimum Gasteiger partial charge on any atom is -0.496 e. The fraction of sp³-hybridized carbons (Fsp3) is 0.414. The fourth-order valence-corrected chi connectivity index (χ4v) is 4.96. The van der Waals surface area contributed by atoms with Crippen LogP contribution in [0.4, 0.5) is 0 Å². The molecule has 1 heterocycles. The number of ether oxygens (including phenoxy) is 1. The van der Waals surface area contributed by atoms with E-state index in [4.69, 9.17) is 9.72 Å². The monoisotopic (exact) mass is 413 g/mol. The van der Waals surface area contributed by atoms with E-state index in [-0.39, 0.29) is 0 Å². The van der Waals surface area contributed by atoms with Crippen LogP contribution in [0, 0.1) is 0 Å². The number of benzene rings is 2. The molecular weight excluding hydrogens is 378 g/mol. The number of fused-ring (bicyclic) bond motifs is 3. The lowest BCUT2D eigenvalue weighted by Gasteiger charge is -2.21. The van der Waals surface area contributed by atoms with Crippen molar-refractivity contribution in [2.24, 2.45) is 0 Å². The fourth-order valence-electron chi connectivity index (χ4n) is 4.96. The van der Waals surface area contributed by atoms with E-state index in [1.165, 1.54) is 83.3 Å². The molecule has 0 unspecified atom stereocenters. The Hall–Kier alpha value is -2.61. The number of pyridine rings is 1. The number of hydrogen-bond acceptors (Lipinski definition) is 2. The van der Waals surface area contributed by atoms with Crippen LogP contribution in [0.3, 0.4) is 0 Å². The smallest absolute Gasteiger partial charge is 0.126 e. The van der Waals surface area contributed by atoms with Crippen molar-refractivity contribution in [3.63, 3.8) is 0 Å². The second-order valence-electron chi connectivity index (χ2n) is 8.68. The van der Waals surface area contributed by atoms with E-state index >= 15 is 0 Å². The van der Waals surface area contributed by atoms with Gasteiger partial charge in [-0.3, -0.25) is 4.98 Å². The van der Waals surface area contributed by atoms with Crippen LogP contribution in [0.1, 0.15) is 74.9 Å². The van der Waals surface area contributed by atoms with Gasteiger partial charge in [-0.15, -0.1) is 0 Å². The van der Waals surface area contributed by atoms with Gasteiger partial charge in [-0.05, 0) is 48.4 Å². The Morgan fingerprint density at radius 2 is 1.45 bits per heavy atom. The predicted molar refractivity (Wildman–Crippen MR) is 131 cm³/mol. The lowest BCUT2D eigenvalue weighted by molar-refractivity contribution is 0.416. The summed E-state index contributed by atoms with van der Waals surface area (Å²) in [6, 6.07) is 17.4. The number of unbranched alkanes of at least 4 members (excludes halogenated alkanes) is 4. The van der Waals surface area contributed by atoms with Crippen LogP contribution in [0.2, 0.25) is 0 Å². The molecular formula is C29H35NO. The maximum Gasteiger partial charge on any atom is 0.126 e. The standard InChI is InChI=1S/C29H35NO/c1-4-6-8-16-23-25(18-9-7-5-2)30-26-20-21-14-10-11-15-22(21)29(26)28(23)24-17-12-13-19-27(24)31-3/h10-15,17,19H,4-9,16,18,20H2,1-3H3. The average Bonchev–Trinajstić information content (AvgIpc) is 3.17. The Balaban J connectivity index is 1.96. The van der Waals surface area contributed by atoms with Crippen molar-refractivity contribution in [2.75, 3.05) is 7.11 Å². The minimum atomic E-state index is 0.934. The molecule has 0 radical (unpaired) electrons. The highest BCUT2D eigenvalue weighted by Gasteiger charge is 2.28. The molecule has 1 aliphatic rings. The molecule has 0 amide bonds. The summed E-state index contributed by atoms with van der Waals surface area (Å²) in [6.45, 7) is 4.55. The van der Waals surface area contributed by atoms with Crippen LogP contribution in [-0.4, -0.2) is 12.1 Å². The maximum atomic E-state index is 5.85. The summed E-state index contributed by atoms with van der Waals surface area (Å²) in [7, 11) is 1.78. The van der Waals surface area contributed by atoms with Gasteiger partial charge in [0.05, 0.1) is 12.8 Å². The first-order valence-electron chi connectivity index (χ1n) is 12.0. The SMILES string of the molecule is CCCCCc1nc2c(c(-c3ccccc3OC)c1CCCCC)-c1ccccc1C2. The molecule has 2 heteroatoms. The molecule has 1 aliphatic carbocycles. The number of aromatic nitrogens is 1. The van der Waals surface area contributed by atoms with E-state index in [0.717, 1.165) is 25.0 Å². The number of para-hydroxylation sites is 1. The molecule has 0 spiro atoms. The molecule has 0 N–H and O–H groups in total. The molecule has 0 saturated carbocycles. The molecule has 0 saturated heterocycles. The Labute approximate surface area is 187 Å². The van der Waals surface area contributed by atoms with Gasteiger partial charge in [-0.1, -0.05) is 82.0 Å². The first-order chi connectivity index (χ1) is 15.3. The lowest BCUT2D eigenvalue weighted by Crippen LogP contribution is -2.07. The molecule has 3 aromatic rings. The Bertz CT molecular complexity index is 1040. The number of methoxy groups -OCH3 is 1. The van der Waals surface area contributed by atoms with Gasteiger partial charge in [0.15, 0.2) is 0 Å². The van der Waals surface area contributed by atoms with Crippen LogP contribution in [0.15, 0.2) is 48.5 Å². The summed E-state index contributed by atoms with van der Waals surface area (Å²) in [5.74, 6) is 0.955. The zero-order valence-electron chi connectivity index (χ0n) is 19.3. The van der Waals surface area contributed by atoms with E-state index in [2.05, 4.69) is 62.4 Å². The summed E-state index contributed by atoms with van der Waals surface area (Å²) < 4.78 is 5.85. The molecule has 0 atom stereocenters. The van der Waals surface area contributed by atoms with E-state index < -0.39 is 0 Å². The molecule has 4 rings (SSSR count). The summed E-state index contributed by atoms with van der Waals surface area (Å²) >= 11 is 0. The summed E-state index contributed by atoms with van der Waals surface area (Å²) in [6.07, 6.45) is 10.5. The van der Waals surface area contributed by atoms with Gasteiger partial charge < -0.3 is 4.74 Å². The largest absolute Gasteiger partial charge is 0.496 e. The van der Waals surface area contributed by atoms with Crippen molar-refractivity contribution in [3.05, 3.63) is 71.0 Å². The first-order valence-corrected chi connectivity index (χ1v) is 12.0. The third-order valence-corrected chi connectivity index (χ3v) is 6.53. The van der Waals surface area contributed by atoms with Crippen molar-refractivity contribution in [1.82, 2.24) is 4.98 Å². The molecule has 0 bridgehead atoms. The normalized spacial score (nSPS) is 12.0. The van der Waals surface area contributed by atoms with Gasteiger partial charge in [0.1, 0.15) is 5.75 Å². The molecule has 2 aromatic carbocycles. The van der Waals surface area contributed by atoms with Crippen molar-refractivity contribution in [2.45, 2.75) is 71.6 Å². The number of aryl methyl sites for hydroxylation is 1. The van der Waals surface area contributed by atoms with Crippen LogP contribution in [-0.2, 0) is 19.3 Å². The predicted octanol–water partition coefficient (Wildman–Crippen LogP) is 7.79. The second kappa shape index (κ2) is 10.1. The van der Waals surface area contributed by atoms with E-state index in [1.807, 2.05) is 0 Å². The highest BCUT2D eigenvalue weighted by molar-refractivity contribution is 5.93. The third kappa shape index (κ3) is 4.39. The number of hydrogen-bond donors (Lipinski definition) is 0. The van der Waals surface area contributed by atoms with Crippen LogP contribution in [0.25, 0.3) is 22.3 Å². The number of rotatable bonds is 10. The topological polar surface area (TPSA) is 22.1 Å². The minimum absolute atomic E-state index is 0.934. The Kier molecular flexibility index (Phi) is 7.06. The molecule has 31 heavy (non-hydrogen) atoms. The second-order valence-corrected chi connectivity index (χ2v) is 8.68. The lowest BCUT2D eigenvalue weighted by atomic mass is 9.87. The number of nitrogens with zero attached hydrogens (tertiary/aromatic N) is 1. The third-order valence-electron chi connectivity index (χ3n) is 6.53. The van der Waals surface area contributed by atoms with Crippen molar-refractivity contribution >= 4 is 0 Å². The van der Waals surface area contributed by atoms with Crippen LogP contribution < -0.4 is 4.74 Å². The van der Waals surface area contributed by atoms with Crippen molar-refractivity contribution in [3.8, 4) is 28.0 Å². The average molecular weight is 414 g/mol. The van der Waals surface area contributed by atoms with Crippen molar-refractivity contribution < 1.29 is 4.74 Å². The highest BCUT2D eigenvalue weighted by atomic mass is 16.5. The maximum absolute atomic E-state index is 5.85. The molecule has 0 fully saturated rings. The van der Waals surface area contributed by atoms with Gasteiger partial charge in [-0.2, -0.15) is 0 Å². The zero-order valence-corrected chi connectivity index (χ0v) is 19.3. The van der Waals surface area contributed by atoms with Gasteiger partial charge in [-0.25, -0.2) is 0 Å². The van der Waals surface area contributed by atoms with E-state index in [9.17, 15) is 0 Å². The summed E-state index contributed by atoms with van der Waals surface area (Å²) in [5, 5.41) is 0. The van der Waals surface area contributed by atoms with Crippen molar-refractivity contribution in [1.29, 1.82) is 0 Å². The van der Waals surface area contributed by atoms with Gasteiger partial charge >= 0.3 is 0 Å². The van der Waals surface area contributed by atoms with Gasteiger partial charge in [0, 0.05) is 28.8 Å².